The van der Waals surface area contributed by atoms with Crippen molar-refractivity contribution in [2.75, 3.05) is 44.2 Å². The molecule has 0 aromatic carbocycles. The summed E-state index contributed by atoms with van der Waals surface area (Å²) in [7, 11) is 0. The maximum absolute atomic E-state index is 13.7. The summed E-state index contributed by atoms with van der Waals surface area (Å²) in [5.41, 5.74) is 6.30. The molecule has 9 heteroatoms. The number of hydrogen-bond acceptors (Lipinski definition) is 7. The Labute approximate surface area is 194 Å². The highest BCUT2D eigenvalue weighted by Crippen LogP contribution is 2.36. The van der Waals surface area contributed by atoms with Crippen LogP contribution in [0.25, 0.3) is 11.1 Å². The van der Waals surface area contributed by atoms with E-state index in [1.807, 2.05) is 11.8 Å². The Morgan fingerprint density at radius 3 is 2.21 bits per heavy atom. The number of amides is 2. The second-order valence-corrected chi connectivity index (χ2v) is 9.69. The number of anilines is 1. The minimum Gasteiger partial charge on any atom is -0.442 e. The number of carbonyl (C=O) groups is 2. The van der Waals surface area contributed by atoms with Crippen LogP contribution in [-0.4, -0.2) is 76.4 Å². The minimum absolute atomic E-state index is 0.0731. The Morgan fingerprint density at radius 1 is 0.939 bits per heavy atom. The number of likely N-dealkylation sites (tertiary alicyclic amines) is 2. The molecule has 2 N–H and O–H groups in total. The van der Waals surface area contributed by atoms with Gasteiger partial charge in [0.25, 0.3) is 5.91 Å². The number of rotatable bonds is 4. The van der Waals surface area contributed by atoms with Gasteiger partial charge < -0.3 is 20.0 Å². The van der Waals surface area contributed by atoms with Crippen molar-refractivity contribution in [3.8, 4) is 0 Å². The molecule has 0 saturated carbocycles. The lowest BCUT2D eigenvalue weighted by atomic mass is 9.83. The van der Waals surface area contributed by atoms with Gasteiger partial charge in [0.15, 0.2) is 0 Å². The van der Waals surface area contributed by atoms with E-state index in [2.05, 4.69) is 19.8 Å². The zero-order valence-corrected chi connectivity index (χ0v) is 19.5. The number of carbonyl (C=O) groups excluding carboxylic acids is 2. The quantitative estimate of drug-likeness (QED) is 0.756. The molecule has 3 fully saturated rings. The second kappa shape index (κ2) is 8.93. The van der Waals surface area contributed by atoms with Crippen LogP contribution < -0.4 is 10.6 Å². The van der Waals surface area contributed by atoms with Crippen molar-refractivity contribution < 1.29 is 14.0 Å². The molecule has 2 aromatic rings. The van der Waals surface area contributed by atoms with Gasteiger partial charge in [0.05, 0.1) is 10.9 Å². The number of fused-ring (bicyclic) bond motifs is 1. The van der Waals surface area contributed by atoms with Gasteiger partial charge in [-0.05, 0) is 65.0 Å². The molecular formula is C24H34N6O3. The van der Waals surface area contributed by atoms with E-state index in [9.17, 15) is 9.59 Å². The first-order valence-corrected chi connectivity index (χ1v) is 12.3. The standard InChI is InChI=1S/C24H34N6O3/c1-17-18(19-20(26-16-27-21(19)33-17)28-10-4-2-5-11-28)22(31)29-14-8-24(9-15-29,23(25)32)30-12-6-3-7-13-30/h16H,2-15H2,1H3,(H2,25,32). The molecule has 2 aromatic heterocycles. The number of furan rings is 1. The normalized spacial score (nSPS) is 22.0. The minimum atomic E-state index is -0.646. The summed E-state index contributed by atoms with van der Waals surface area (Å²) in [4.78, 5) is 41.5. The number of nitrogens with zero attached hydrogens (tertiary/aromatic N) is 5. The number of nitrogens with two attached hydrogens (primary N) is 1. The molecule has 2 amide bonds. The van der Waals surface area contributed by atoms with E-state index in [4.69, 9.17) is 10.2 Å². The van der Waals surface area contributed by atoms with E-state index < -0.39 is 5.54 Å². The first-order chi connectivity index (χ1) is 16.0. The van der Waals surface area contributed by atoms with Crippen LogP contribution in [0.15, 0.2) is 10.7 Å². The van der Waals surface area contributed by atoms with Crippen LogP contribution in [0, 0.1) is 6.92 Å². The summed E-state index contributed by atoms with van der Waals surface area (Å²) in [6.07, 6.45) is 9.49. The second-order valence-electron chi connectivity index (χ2n) is 9.69. The Hall–Kier alpha value is -2.68. The van der Waals surface area contributed by atoms with Crippen LogP contribution in [0.4, 0.5) is 5.82 Å². The van der Waals surface area contributed by atoms with Gasteiger partial charge in [-0.15, -0.1) is 0 Å². The van der Waals surface area contributed by atoms with Crippen molar-refractivity contribution in [1.82, 2.24) is 19.8 Å². The fourth-order valence-electron chi connectivity index (χ4n) is 5.91. The summed E-state index contributed by atoms with van der Waals surface area (Å²) in [6.45, 7) is 6.46. The topological polar surface area (TPSA) is 109 Å². The van der Waals surface area contributed by atoms with Crippen molar-refractivity contribution in [2.24, 2.45) is 5.73 Å². The molecule has 9 nitrogen and oxygen atoms in total. The number of aryl methyl sites for hydroxylation is 1. The van der Waals surface area contributed by atoms with Crippen molar-refractivity contribution in [1.29, 1.82) is 0 Å². The third-order valence-electron chi connectivity index (χ3n) is 7.81. The smallest absolute Gasteiger partial charge is 0.258 e. The average Bonchev–Trinajstić information content (AvgIpc) is 3.20. The first-order valence-electron chi connectivity index (χ1n) is 12.3. The summed E-state index contributed by atoms with van der Waals surface area (Å²) < 4.78 is 5.91. The maximum atomic E-state index is 13.7. The molecule has 0 unspecified atom stereocenters. The van der Waals surface area contributed by atoms with Crippen LogP contribution in [0.5, 0.6) is 0 Å². The molecule has 0 radical (unpaired) electrons. The zero-order chi connectivity index (χ0) is 23.0. The van der Waals surface area contributed by atoms with E-state index >= 15 is 0 Å². The van der Waals surface area contributed by atoms with E-state index in [0.717, 1.165) is 57.7 Å². The Morgan fingerprint density at radius 2 is 1.58 bits per heavy atom. The summed E-state index contributed by atoms with van der Waals surface area (Å²) in [6, 6.07) is 0. The molecule has 3 aliphatic rings. The lowest BCUT2D eigenvalue weighted by Gasteiger charge is -2.48. The molecule has 0 spiro atoms. The highest BCUT2D eigenvalue weighted by Gasteiger charge is 2.46. The van der Waals surface area contributed by atoms with E-state index in [1.54, 1.807) is 0 Å². The largest absolute Gasteiger partial charge is 0.442 e. The van der Waals surface area contributed by atoms with Gasteiger partial charge in [0.2, 0.25) is 11.6 Å². The summed E-state index contributed by atoms with van der Waals surface area (Å²) in [5.74, 6) is 1.02. The van der Waals surface area contributed by atoms with Crippen LogP contribution >= 0.6 is 0 Å². The molecule has 3 saturated heterocycles. The Kier molecular flexibility index (Phi) is 5.99. The number of hydrogen-bond donors (Lipinski definition) is 1. The molecule has 0 atom stereocenters. The van der Waals surface area contributed by atoms with Gasteiger partial charge in [-0.2, -0.15) is 0 Å². The summed E-state index contributed by atoms with van der Waals surface area (Å²) >= 11 is 0. The molecule has 0 aliphatic carbocycles. The van der Waals surface area contributed by atoms with Crippen LogP contribution in [0.3, 0.4) is 0 Å². The fraction of sp³-hybridized carbons (Fsp3) is 0.667. The summed E-state index contributed by atoms with van der Waals surface area (Å²) in [5, 5.41) is 0.713. The van der Waals surface area contributed by atoms with Gasteiger partial charge in [-0.1, -0.05) is 6.42 Å². The number of primary amides is 1. The maximum Gasteiger partial charge on any atom is 0.258 e. The first kappa shape index (κ1) is 22.1. The van der Waals surface area contributed by atoms with Gasteiger partial charge in [-0.3, -0.25) is 14.5 Å². The third kappa shape index (κ3) is 3.86. The van der Waals surface area contributed by atoms with Crippen molar-refractivity contribution in [3.63, 3.8) is 0 Å². The molecule has 33 heavy (non-hydrogen) atoms. The van der Waals surface area contributed by atoms with E-state index in [0.29, 0.717) is 48.4 Å². The molecule has 0 bridgehead atoms. The number of aromatic nitrogens is 2. The molecule has 3 aliphatic heterocycles. The zero-order valence-electron chi connectivity index (χ0n) is 19.5. The Balaban J connectivity index is 1.42. The lowest BCUT2D eigenvalue weighted by molar-refractivity contribution is -0.134. The van der Waals surface area contributed by atoms with Gasteiger partial charge in [0.1, 0.15) is 23.4 Å². The van der Waals surface area contributed by atoms with Crippen LogP contribution in [0.1, 0.15) is 67.5 Å². The van der Waals surface area contributed by atoms with Crippen molar-refractivity contribution in [3.05, 3.63) is 17.7 Å². The fourth-order valence-corrected chi connectivity index (χ4v) is 5.91. The molecule has 178 valence electrons. The predicted octanol–water partition coefficient (Wildman–Crippen LogP) is 2.47. The van der Waals surface area contributed by atoms with Crippen molar-refractivity contribution in [2.45, 2.75) is 63.8 Å². The van der Waals surface area contributed by atoms with Crippen LogP contribution in [-0.2, 0) is 4.79 Å². The monoisotopic (exact) mass is 454 g/mol. The molecule has 5 heterocycles. The van der Waals surface area contributed by atoms with Crippen LogP contribution in [0.2, 0.25) is 0 Å². The van der Waals surface area contributed by atoms with Gasteiger partial charge in [-0.25, -0.2) is 9.97 Å². The highest BCUT2D eigenvalue weighted by molar-refractivity contribution is 6.10. The van der Waals surface area contributed by atoms with E-state index in [-0.39, 0.29) is 11.8 Å². The Bertz CT molecular complexity index is 1030. The van der Waals surface area contributed by atoms with Gasteiger partial charge in [0, 0.05) is 26.2 Å². The van der Waals surface area contributed by atoms with E-state index in [1.165, 1.54) is 19.2 Å². The number of piperidine rings is 3. The molecule has 5 rings (SSSR count). The predicted molar refractivity (Wildman–Crippen MR) is 125 cm³/mol. The molecular weight excluding hydrogens is 420 g/mol. The SMILES string of the molecule is Cc1oc2ncnc(N3CCCCC3)c2c1C(=O)N1CCC(C(N)=O)(N2CCCCC2)CC1. The van der Waals surface area contributed by atoms with Gasteiger partial charge >= 0.3 is 0 Å². The average molecular weight is 455 g/mol. The third-order valence-corrected chi connectivity index (χ3v) is 7.81. The lowest BCUT2D eigenvalue weighted by Crippen LogP contribution is -2.63. The van der Waals surface area contributed by atoms with Crippen molar-refractivity contribution >= 4 is 28.7 Å². The highest BCUT2D eigenvalue weighted by atomic mass is 16.3.